The Balaban J connectivity index is 1.47. The minimum Gasteiger partial charge on any atom is -0.335 e. The van der Waals surface area contributed by atoms with Gasteiger partial charge in [0.05, 0.1) is 0 Å². The molecule has 2 N–H and O–H groups in total. The van der Waals surface area contributed by atoms with Crippen LogP contribution in [0.1, 0.15) is 58.2 Å². The summed E-state index contributed by atoms with van der Waals surface area (Å²) in [4.78, 5) is 28.8. The molecule has 2 aromatic carbocycles. The summed E-state index contributed by atoms with van der Waals surface area (Å²) in [6, 6.07) is 16.7. The number of H-pyrrole nitrogens is 1. The van der Waals surface area contributed by atoms with Crippen molar-refractivity contribution < 1.29 is 9.59 Å². The zero-order chi connectivity index (χ0) is 21.2. The van der Waals surface area contributed by atoms with E-state index in [9.17, 15) is 9.59 Å². The zero-order valence-corrected chi connectivity index (χ0v) is 17.4. The number of amides is 2. The van der Waals surface area contributed by atoms with Crippen molar-refractivity contribution in [1.82, 2.24) is 15.5 Å². The molecule has 1 aromatic heterocycles. The SMILES string of the molecule is O=C(NC(C(=O)N1CCCc2ccccc21)c1ccccc1)c1n[nH]c2c1CCCC2. The number of hydrogen-bond acceptors (Lipinski definition) is 3. The van der Waals surface area contributed by atoms with Crippen LogP contribution < -0.4 is 10.2 Å². The average molecular weight is 415 g/mol. The molecule has 2 aliphatic rings. The molecule has 2 amide bonds. The Hall–Kier alpha value is -3.41. The molecule has 1 unspecified atom stereocenters. The Bertz CT molecular complexity index is 1110. The Morgan fingerprint density at radius 3 is 2.58 bits per heavy atom. The molecule has 6 nitrogen and oxygen atoms in total. The van der Waals surface area contributed by atoms with Gasteiger partial charge in [0.25, 0.3) is 11.8 Å². The summed E-state index contributed by atoms with van der Waals surface area (Å²) < 4.78 is 0. The van der Waals surface area contributed by atoms with Crippen LogP contribution in [0, 0.1) is 0 Å². The van der Waals surface area contributed by atoms with Gasteiger partial charge in [-0.1, -0.05) is 48.5 Å². The van der Waals surface area contributed by atoms with Crippen LogP contribution in [0.5, 0.6) is 0 Å². The molecule has 1 atom stereocenters. The fourth-order valence-corrected chi connectivity index (χ4v) is 4.72. The third-order valence-electron chi connectivity index (χ3n) is 6.30. The fourth-order valence-electron chi connectivity index (χ4n) is 4.72. The predicted molar refractivity (Wildman–Crippen MR) is 119 cm³/mol. The molecule has 6 heteroatoms. The number of carbonyl (C=O) groups is 2. The average Bonchev–Trinajstić information content (AvgIpc) is 3.26. The first-order valence-electron chi connectivity index (χ1n) is 11.0. The standard InChI is InChI=1S/C25H26N4O2/c30-24(23-19-13-5-6-14-20(19)27-28-23)26-22(18-10-2-1-3-11-18)25(31)29-16-8-12-17-9-4-7-15-21(17)29/h1-4,7,9-11,15,22H,5-6,8,12-14,16H2,(H,26,30)(H,27,28). The van der Waals surface area contributed by atoms with Crippen LogP contribution in [0.2, 0.25) is 0 Å². The van der Waals surface area contributed by atoms with Gasteiger partial charge in [-0.15, -0.1) is 0 Å². The van der Waals surface area contributed by atoms with E-state index in [2.05, 4.69) is 21.6 Å². The molecule has 1 aliphatic carbocycles. The van der Waals surface area contributed by atoms with E-state index in [1.165, 1.54) is 5.56 Å². The van der Waals surface area contributed by atoms with Crippen molar-refractivity contribution in [1.29, 1.82) is 0 Å². The van der Waals surface area contributed by atoms with Gasteiger partial charge in [-0.2, -0.15) is 5.10 Å². The van der Waals surface area contributed by atoms with Crippen LogP contribution in [0.4, 0.5) is 5.69 Å². The van der Waals surface area contributed by atoms with Crippen molar-refractivity contribution >= 4 is 17.5 Å². The normalized spacial score (nSPS) is 16.2. The van der Waals surface area contributed by atoms with Gasteiger partial charge in [-0.05, 0) is 55.7 Å². The van der Waals surface area contributed by atoms with Gasteiger partial charge in [0.1, 0.15) is 6.04 Å². The van der Waals surface area contributed by atoms with E-state index in [1.807, 2.05) is 53.4 Å². The van der Waals surface area contributed by atoms with Gasteiger partial charge in [0.2, 0.25) is 0 Å². The van der Waals surface area contributed by atoms with Crippen molar-refractivity contribution in [2.24, 2.45) is 0 Å². The van der Waals surface area contributed by atoms with E-state index >= 15 is 0 Å². The van der Waals surface area contributed by atoms with Gasteiger partial charge >= 0.3 is 0 Å². The highest BCUT2D eigenvalue weighted by Crippen LogP contribution is 2.30. The van der Waals surface area contributed by atoms with Crippen LogP contribution in [0.15, 0.2) is 54.6 Å². The minimum absolute atomic E-state index is 0.115. The van der Waals surface area contributed by atoms with Crippen LogP contribution in [-0.4, -0.2) is 28.6 Å². The van der Waals surface area contributed by atoms with Crippen molar-refractivity contribution in [3.8, 4) is 0 Å². The summed E-state index contributed by atoms with van der Waals surface area (Å²) >= 11 is 0. The summed E-state index contributed by atoms with van der Waals surface area (Å²) in [5.41, 5.74) is 5.33. The third-order valence-corrected chi connectivity index (χ3v) is 6.30. The lowest BCUT2D eigenvalue weighted by Gasteiger charge is -2.32. The highest BCUT2D eigenvalue weighted by Gasteiger charge is 2.32. The number of rotatable bonds is 4. The lowest BCUT2D eigenvalue weighted by atomic mass is 9.95. The van der Waals surface area contributed by atoms with Crippen molar-refractivity contribution in [2.75, 3.05) is 11.4 Å². The molecular weight excluding hydrogens is 388 g/mol. The minimum atomic E-state index is -0.768. The molecule has 1 aliphatic heterocycles. The second kappa shape index (κ2) is 8.38. The summed E-state index contributed by atoms with van der Waals surface area (Å²) in [5, 5.41) is 10.3. The maximum absolute atomic E-state index is 13.7. The van der Waals surface area contributed by atoms with Gasteiger partial charge in [0.15, 0.2) is 5.69 Å². The quantitative estimate of drug-likeness (QED) is 0.683. The summed E-state index contributed by atoms with van der Waals surface area (Å²) in [6.07, 6.45) is 5.79. The smallest absolute Gasteiger partial charge is 0.272 e. The van der Waals surface area contributed by atoms with Gasteiger partial charge in [-0.25, -0.2) is 0 Å². The number of nitrogens with one attached hydrogen (secondary N) is 2. The molecule has 0 fully saturated rings. The van der Waals surface area contributed by atoms with Crippen molar-refractivity contribution in [2.45, 2.75) is 44.6 Å². The van der Waals surface area contributed by atoms with E-state index in [-0.39, 0.29) is 11.8 Å². The third kappa shape index (κ3) is 3.74. The molecule has 31 heavy (non-hydrogen) atoms. The van der Waals surface area contributed by atoms with E-state index < -0.39 is 6.04 Å². The first kappa shape index (κ1) is 19.5. The number of aryl methyl sites for hydroxylation is 2. The van der Waals surface area contributed by atoms with Crippen LogP contribution >= 0.6 is 0 Å². The highest BCUT2D eigenvalue weighted by atomic mass is 16.2. The fraction of sp³-hybridized carbons (Fsp3) is 0.320. The van der Waals surface area contributed by atoms with E-state index in [1.54, 1.807) is 0 Å². The number of anilines is 1. The lowest BCUT2D eigenvalue weighted by molar-refractivity contribution is -0.120. The highest BCUT2D eigenvalue weighted by molar-refractivity contribution is 6.03. The molecule has 158 valence electrons. The number of carbonyl (C=O) groups excluding carboxylic acids is 2. The maximum atomic E-state index is 13.7. The number of benzene rings is 2. The van der Waals surface area contributed by atoms with E-state index in [0.717, 1.165) is 61.0 Å². The van der Waals surface area contributed by atoms with Crippen molar-refractivity contribution in [3.05, 3.63) is 82.7 Å². The zero-order valence-electron chi connectivity index (χ0n) is 17.4. The number of aromatic amines is 1. The van der Waals surface area contributed by atoms with Crippen LogP contribution in [-0.2, 0) is 24.1 Å². The first-order valence-corrected chi connectivity index (χ1v) is 11.0. The summed E-state index contributed by atoms with van der Waals surface area (Å²) in [5.74, 6) is -0.414. The molecule has 0 bridgehead atoms. The predicted octanol–water partition coefficient (Wildman–Crippen LogP) is 3.74. The number of fused-ring (bicyclic) bond motifs is 2. The van der Waals surface area contributed by atoms with E-state index in [0.29, 0.717) is 12.2 Å². The first-order chi connectivity index (χ1) is 15.2. The Kier molecular flexibility index (Phi) is 5.28. The molecule has 3 aromatic rings. The Morgan fingerprint density at radius 2 is 1.71 bits per heavy atom. The topological polar surface area (TPSA) is 78.1 Å². The monoisotopic (exact) mass is 414 g/mol. The summed E-state index contributed by atoms with van der Waals surface area (Å²) in [6.45, 7) is 0.646. The second-order valence-corrected chi connectivity index (χ2v) is 8.28. The largest absolute Gasteiger partial charge is 0.335 e. The molecule has 5 rings (SSSR count). The van der Waals surface area contributed by atoms with Gasteiger partial charge in [-0.3, -0.25) is 14.7 Å². The Morgan fingerprint density at radius 1 is 0.935 bits per heavy atom. The summed E-state index contributed by atoms with van der Waals surface area (Å²) in [7, 11) is 0. The van der Waals surface area contributed by atoms with E-state index in [4.69, 9.17) is 0 Å². The number of aromatic nitrogens is 2. The van der Waals surface area contributed by atoms with Crippen LogP contribution in [0.3, 0.4) is 0 Å². The molecule has 0 saturated heterocycles. The second-order valence-electron chi connectivity index (χ2n) is 8.28. The molecule has 0 radical (unpaired) electrons. The van der Waals surface area contributed by atoms with Gasteiger partial charge in [0, 0.05) is 23.5 Å². The number of hydrogen-bond donors (Lipinski definition) is 2. The maximum Gasteiger partial charge on any atom is 0.272 e. The van der Waals surface area contributed by atoms with Crippen LogP contribution in [0.25, 0.3) is 0 Å². The molecular formula is C25H26N4O2. The Labute approximate surface area is 181 Å². The van der Waals surface area contributed by atoms with Crippen molar-refractivity contribution in [3.63, 3.8) is 0 Å². The number of nitrogens with zero attached hydrogens (tertiary/aromatic N) is 2. The van der Waals surface area contributed by atoms with Gasteiger partial charge < -0.3 is 10.2 Å². The molecule has 0 spiro atoms. The molecule has 2 heterocycles. The molecule has 0 saturated carbocycles. The lowest BCUT2D eigenvalue weighted by Crippen LogP contribution is -2.45. The number of para-hydroxylation sites is 1.